The summed E-state index contributed by atoms with van der Waals surface area (Å²) in [6.07, 6.45) is 4.24. The number of anilines is 1. The second kappa shape index (κ2) is 7.54. The molecule has 0 saturated heterocycles. The number of hydrogen-bond acceptors (Lipinski definition) is 3. The van der Waals surface area contributed by atoms with Gasteiger partial charge in [0, 0.05) is 18.3 Å². The Kier molecular flexibility index (Phi) is 5.98. The highest BCUT2D eigenvalue weighted by molar-refractivity contribution is 5.81. The Hall–Kier alpha value is -1.77. The van der Waals surface area contributed by atoms with Crippen LogP contribution in [0.1, 0.15) is 25.0 Å². The molecule has 0 aromatic heterocycles. The minimum absolute atomic E-state index is 0.294. The van der Waals surface area contributed by atoms with Gasteiger partial charge in [-0.1, -0.05) is 19.1 Å². The Bertz CT molecular complexity index is 425. The molecule has 1 rings (SSSR count). The number of carbonyl (C=O) groups is 1. The minimum atomic E-state index is -0.294. The number of benzene rings is 1. The zero-order chi connectivity index (χ0) is 13.4. The summed E-state index contributed by atoms with van der Waals surface area (Å²) in [7, 11) is 0. The molecule has 3 nitrogen and oxygen atoms in total. The molecule has 98 valence electrons. The van der Waals surface area contributed by atoms with E-state index in [1.54, 1.807) is 13.0 Å². The van der Waals surface area contributed by atoms with Crippen molar-refractivity contribution in [3.05, 3.63) is 41.5 Å². The van der Waals surface area contributed by atoms with Gasteiger partial charge in [0.2, 0.25) is 0 Å². The van der Waals surface area contributed by atoms with Gasteiger partial charge < -0.3 is 10.1 Å². The molecule has 1 aromatic carbocycles. The third-order valence-electron chi connectivity index (χ3n) is 2.69. The Morgan fingerprint density at radius 2 is 2.17 bits per heavy atom. The van der Waals surface area contributed by atoms with Gasteiger partial charge in [0.05, 0.1) is 6.61 Å². The topological polar surface area (TPSA) is 38.3 Å². The molecule has 0 atom stereocenters. The van der Waals surface area contributed by atoms with Crippen LogP contribution in [0.3, 0.4) is 0 Å². The van der Waals surface area contributed by atoms with Gasteiger partial charge in [-0.15, -0.1) is 0 Å². The molecule has 1 N–H and O–H groups in total. The molecule has 3 heteroatoms. The van der Waals surface area contributed by atoms with Crippen molar-refractivity contribution >= 4 is 11.7 Å². The van der Waals surface area contributed by atoms with Crippen molar-refractivity contribution in [2.24, 2.45) is 0 Å². The Balaban J connectivity index is 2.46. The van der Waals surface area contributed by atoms with E-state index in [4.69, 9.17) is 4.74 Å². The molecule has 0 radical (unpaired) electrons. The molecule has 0 amide bonds. The van der Waals surface area contributed by atoms with Crippen LogP contribution in [-0.4, -0.2) is 19.1 Å². The van der Waals surface area contributed by atoms with Crippen LogP contribution >= 0.6 is 0 Å². The molecule has 1 aromatic rings. The van der Waals surface area contributed by atoms with Crippen LogP contribution in [-0.2, 0) is 16.0 Å². The van der Waals surface area contributed by atoms with Crippen LogP contribution in [0.4, 0.5) is 5.69 Å². The lowest BCUT2D eigenvalue weighted by atomic mass is 10.1. The van der Waals surface area contributed by atoms with E-state index >= 15 is 0 Å². The highest BCUT2D eigenvalue weighted by Gasteiger charge is 1.97. The number of esters is 1. The summed E-state index contributed by atoms with van der Waals surface area (Å²) in [5.41, 5.74) is 3.73. The van der Waals surface area contributed by atoms with E-state index in [1.807, 2.05) is 6.07 Å². The second-order valence-electron chi connectivity index (χ2n) is 4.03. The minimum Gasteiger partial charge on any atom is -0.463 e. The molecule has 0 unspecified atom stereocenters. The molecule has 0 heterocycles. The maximum absolute atomic E-state index is 11.1. The summed E-state index contributed by atoms with van der Waals surface area (Å²) in [4.78, 5) is 11.1. The number of ether oxygens (including phenoxy) is 1. The number of hydrogen-bond donors (Lipinski definition) is 1. The molecule has 0 aliphatic carbocycles. The molecule has 0 bridgehead atoms. The van der Waals surface area contributed by atoms with Crippen molar-refractivity contribution in [3.63, 3.8) is 0 Å². The first-order valence-electron chi connectivity index (χ1n) is 6.34. The fourth-order valence-electron chi connectivity index (χ4n) is 1.68. The van der Waals surface area contributed by atoms with E-state index < -0.39 is 0 Å². The Morgan fingerprint density at radius 1 is 1.39 bits per heavy atom. The lowest BCUT2D eigenvalue weighted by molar-refractivity contribution is -0.137. The maximum Gasteiger partial charge on any atom is 0.330 e. The van der Waals surface area contributed by atoms with Gasteiger partial charge in [-0.05, 0) is 43.5 Å². The molecule has 0 saturated carbocycles. The van der Waals surface area contributed by atoms with Crippen LogP contribution in [0.25, 0.3) is 0 Å². The third-order valence-corrected chi connectivity index (χ3v) is 2.69. The first-order chi connectivity index (χ1) is 8.67. The molecular formula is C15H21NO2. The van der Waals surface area contributed by atoms with E-state index in [1.165, 1.54) is 17.2 Å². The first-order valence-corrected chi connectivity index (χ1v) is 6.34. The highest BCUT2D eigenvalue weighted by atomic mass is 16.5. The van der Waals surface area contributed by atoms with Crippen molar-refractivity contribution in [1.29, 1.82) is 0 Å². The monoisotopic (exact) mass is 247 g/mol. The van der Waals surface area contributed by atoms with Gasteiger partial charge in [0.15, 0.2) is 0 Å². The number of nitrogens with one attached hydrogen (secondary N) is 1. The quantitative estimate of drug-likeness (QED) is 0.620. The van der Waals surface area contributed by atoms with Crippen molar-refractivity contribution in [2.45, 2.75) is 27.2 Å². The normalized spacial score (nSPS) is 10.6. The maximum atomic E-state index is 11.1. The summed E-state index contributed by atoms with van der Waals surface area (Å²) < 4.78 is 4.79. The summed E-state index contributed by atoms with van der Waals surface area (Å²) in [5, 5.41) is 3.25. The van der Waals surface area contributed by atoms with Crippen molar-refractivity contribution < 1.29 is 9.53 Å². The van der Waals surface area contributed by atoms with Crippen LogP contribution in [0.2, 0.25) is 0 Å². The largest absolute Gasteiger partial charge is 0.463 e. The number of carbonyl (C=O) groups excluding carboxylic acids is 1. The van der Waals surface area contributed by atoms with Gasteiger partial charge >= 0.3 is 5.97 Å². The fourth-order valence-corrected chi connectivity index (χ4v) is 1.68. The van der Waals surface area contributed by atoms with Crippen LogP contribution < -0.4 is 5.32 Å². The van der Waals surface area contributed by atoms with Gasteiger partial charge in [0.25, 0.3) is 0 Å². The molecule has 0 aliphatic heterocycles. The number of rotatable bonds is 6. The van der Waals surface area contributed by atoms with Gasteiger partial charge in [-0.25, -0.2) is 4.79 Å². The van der Waals surface area contributed by atoms with Crippen molar-refractivity contribution in [2.75, 3.05) is 18.5 Å². The first kappa shape index (κ1) is 14.3. The third kappa shape index (κ3) is 4.62. The molecule has 0 fully saturated rings. The summed E-state index contributed by atoms with van der Waals surface area (Å²) >= 11 is 0. The van der Waals surface area contributed by atoms with E-state index in [9.17, 15) is 4.79 Å². The standard InChI is InChI=1S/C15H21NO2/c1-4-13-11-14(9-8-12(13)3)16-10-6-7-15(17)18-5-2/h6-9,11,16H,4-5,10H2,1-3H3/b7-6+. The fraction of sp³-hybridized carbons (Fsp3) is 0.400. The van der Waals surface area contributed by atoms with Crippen LogP contribution in [0.5, 0.6) is 0 Å². The highest BCUT2D eigenvalue weighted by Crippen LogP contribution is 2.15. The summed E-state index contributed by atoms with van der Waals surface area (Å²) in [6.45, 7) is 7.08. The molecule has 18 heavy (non-hydrogen) atoms. The summed E-state index contributed by atoms with van der Waals surface area (Å²) in [6, 6.07) is 6.30. The zero-order valence-electron chi connectivity index (χ0n) is 11.3. The Morgan fingerprint density at radius 3 is 2.83 bits per heavy atom. The smallest absolute Gasteiger partial charge is 0.330 e. The average molecular weight is 247 g/mol. The van der Waals surface area contributed by atoms with Crippen molar-refractivity contribution in [1.82, 2.24) is 0 Å². The van der Waals surface area contributed by atoms with Gasteiger partial charge in [-0.2, -0.15) is 0 Å². The Labute approximate surface area is 109 Å². The van der Waals surface area contributed by atoms with Gasteiger partial charge in [0.1, 0.15) is 0 Å². The predicted molar refractivity (Wildman–Crippen MR) is 74.8 cm³/mol. The SMILES string of the molecule is CCOC(=O)/C=C/CNc1ccc(C)c(CC)c1. The van der Waals surface area contributed by atoms with Gasteiger partial charge in [-0.3, -0.25) is 0 Å². The van der Waals surface area contributed by atoms with E-state index in [0.29, 0.717) is 13.2 Å². The van der Waals surface area contributed by atoms with Crippen LogP contribution in [0.15, 0.2) is 30.4 Å². The zero-order valence-corrected chi connectivity index (χ0v) is 11.3. The van der Waals surface area contributed by atoms with Crippen molar-refractivity contribution in [3.8, 4) is 0 Å². The average Bonchev–Trinajstić information content (AvgIpc) is 2.37. The lowest BCUT2D eigenvalue weighted by Crippen LogP contribution is -2.03. The predicted octanol–water partition coefficient (Wildman–Crippen LogP) is 3.09. The molecule has 0 spiro atoms. The van der Waals surface area contributed by atoms with E-state index in [-0.39, 0.29) is 5.97 Å². The number of aryl methyl sites for hydroxylation is 2. The molecular weight excluding hydrogens is 226 g/mol. The van der Waals surface area contributed by atoms with E-state index in [0.717, 1.165) is 12.1 Å². The summed E-state index contributed by atoms with van der Waals surface area (Å²) in [5.74, 6) is -0.294. The second-order valence-corrected chi connectivity index (χ2v) is 4.03. The lowest BCUT2D eigenvalue weighted by Gasteiger charge is -2.08. The molecule has 0 aliphatic rings. The van der Waals surface area contributed by atoms with Crippen LogP contribution in [0, 0.1) is 6.92 Å². The van der Waals surface area contributed by atoms with E-state index in [2.05, 4.69) is 31.3 Å².